The molecule has 0 radical (unpaired) electrons. The van der Waals surface area contributed by atoms with Crippen molar-refractivity contribution in [2.45, 2.75) is 24.7 Å². The molecule has 3 nitrogen and oxygen atoms in total. The number of aromatic nitrogens is 3. The van der Waals surface area contributed by atoms with Crippen LogP contribution in [0.15, 0.2) is 212 Å². The van der Waals surface area contributed by atoms with Crippen LogP contribution in [-0.2, 0) is 10.8 Å². The monoisotopic (exact) mass is 791 g/mol. The lowest BCUT2D eigenvalue weighted by atomic mass is 9.55. The fourth-order valence-electron chi connectivity index (χ4n) is 10.5. The highest BCUT2D eigenvalue weighted by molar-refractivity contribution is 5.99. The predicted molar refractivity (Wildman–Crippen MR) is 254 cm³/mol. The normalized spacial score (nSPS) is 13.9. The summed E-state index contributed by atoms with van der Waals surface area (Å²) in [6.07, 6.45) is 0. The van der Waals surface area contributed by atoms with Crippen molar-refractivity contribution in [1.82, 2.24) is 15.0 Å². The molecule has 1 aromatic heterocycles. The molecule has 0 saturated heterocycles. The maximum absolute atomic E-state index is 4.95. The lowest BCUT2D eigenvalue weighted by molar-refractivity contribution is 0.563. The molecule has 3 heteroatoms. The number of hydrogen-bond acceptors (Lipinski definition) is 3. The largest absolute Gasteiger partial charge is 0.208 e. The molecule has 0 N–H and O–H groups in total. The molecule has 0 bridgehead atoms. The van der Waals surface area contributed by atoms with Gasteiger partial charge < -0.3 is 0 Å². The van der Waals surface area contributed by atoms with Crippen LogP contribution in [0.4, 0.5) is 0 Å². The SMILES string of the molecule is CC1(C)c2ccccc2C2(c3ccccc3-c3c(-c4ccc5ccc(-c6ccc(-c7nc(-c8ccccc8)nc(-c8ccccc8)n7)cc6)cc5c4)cccc32)c2ccccc21. The Hall–Kier alpha value is -7.75. The third-order valence-corrected chi connectivity index (χ3v) is 13.4. The molecule has 62 heavy (non-hydrogen) atoms. The second-order valence-electron chi connectivity index (χ2n) is 17.1. The summed E-state index contributed by atoms with van der Waals surface area (Å²) in [6.45, 7) is 4.76. The third kappa shape index (κ3) is 5.41. The van der Waals surface area contributed by atoms with Gasteiger partial charge in [0.2, 0.25) is 0 Å². The van der Waals surface area contributed by atoms with Crippen molar-refractivity contribution < 1.29 is 0 Å². The second-order valence-corrected chi connectivity index (χ2v) is 17.1. The molecule has 0 amide bonds. The van der Waals surface area contributed by atoms with Crippen LogP contribution < -0.4 is 0 Å². The van der Waals surface area contributed by atoms with Crippen LogP contribution in [-0.4, -0.2) is 15.0 Å². The van der Waals surface area contributed by atoms with Gasteiger partial charge in [-0.05, 0) is 89.7 Å². The zero-order valence-corrected chi connectivity index (χ0v) is 34.5. The first-order valence-electron chi connectivity index (χ1n) is 21.4. The highest BCUT2D eigenvalue weighted by Gasteiger charge is 2.53. The van der Waals surface area contributed by atoms with Gasteiger partial charge >= 0.3 is 0 Å². The first kappa shape index (κ1) is 36.1. The van der Waals surface area contributed by atoms with Gasteiger partial charge in [0.1, 0.15) is 0 Å². The minimum absolute atomic E-state index is 0.130. The van der Waals surface area contributed by atoms with Crippen LogP contribution in [0.1, 0.15) is 47.2 Å². The standard InChI is InChI=1S/C59H41N3/c1-58(2)49-23-11-13-25-51(49)59(52-26-14-12-24-50(52)58)48-22-10-9-20-47(48)54-46(21-15-27-53(54)59)44-35-31-39-30-34-43(36-45(39)37-44)38-28-32-42(33-29-38)57-61-55(40-16-5-3-6-17-40)60-56(62-57)41-18-7-4-8-19-41/h3-37H,1-2H3. The summed E-state index contributed by atoms with van der Waals surface area (Å²) in [4.78, 5) is 14.8. The zero-order chi connectivity index (χ0) is 41.4. The summed E-state index contributed by atoms with van der Waals surface area (Å²) >= 11 is 0. The average molecular weight is 792 g/mol. The molecule has 9 aromatic carbocycles. The van der Waals surface area contributed by atoms with E-state index in [1.807, 2.05) is 60.7 Å². The fraction of sp³-hybridized carbons (Fsp3) is 0.0678. The molecule has 0 unspecified atom stereocenters. The van der Waals surface area contributed by atoms with Gasteiger partial charge in [0.15, 0.2) is 17.5 Å². The Morgan fingerprint density at radius 3 is 1.31 bits per heavy atom. The Morgan fingerprint density at radius 2 is 0.710 bits per heavy atom. The van der Waals surface area contributed by atoms with E-state index in [0.717, 1.165) is 27.8 Å². The molecular weight excluding hydrogens is 751 g/mol. The molecule has 2 aliphatic carbocycles. The van der Waals surface area contributed by atoms with Crippen molar-refractivity contribution in [2.75, 3.05) is 0 Å². The van der Waals surface area contributed by atoms with Crippen molar-refractivity contribution in [1.29, 1.82) is 0 Å². The van der Waals surface area contributed by atoms with Crippen molar-refractivity contribution in [2.24, 2.45) is 0 Å². The molecule has 1 spiro atoms. The van der Waals surface area contributed by atoms with Crippen LogP contribution in [0.25, 0.3) is 78.3 Å². The molecule has 0 aliphatic heterocycles. The fourth-order valence-corrected chi connectivity index (χ4v) is 10.5. The third-order valence-electron chi connectivity index (χ3n) is 13.4. The number of hydrogen-bond donors (Lipinski definition) is 0. The number of fused-ring (bicyclic) bond motifs is 10. The van der Waals surface area contributed by atoms with E-state index < -0.39 is 5.41 Å². The molecule has 292 valence electrons. The van der Waals surface area contributed by atoms with Gasteiger partial charge in [-0.15, -0.1) is 0 Å². The Labute approximate surface area is 362 Å². The summed E-state index contributed by atoms with van der Waals surface area (Å²) in [7, 11) is 0. The van der Waals surface area contributed by atoms with E-state index in [2.05, 4.69) is 166 Å². The van der Waals surface area contributed by atoms with Crippen molar-refractivity contribution >= 4 is 10.8 Å². The molecule has 0 atom stereocenters. The van der Waals surface area contributed by atoms with Crippen molar-refractivity contribution in [3.05, 3.63) is 246 Å². The Bertz CT molecular complexity index is 3260. The van der Waals surface area contributed by atoms with Gasteiger partial charge in [0.25, 0.3) is 0 Å². The summed E-state index contributed by atoms with van der Waals surface area (Å²) < 4.78 is 0. The quantitative estimate of drug-likeness (QED) is 0.174. The van der Waals surface area contributed by atoms with Gasteiger partial charge in [-0.25, -0.2) is 15.0 Å². The van der Waals surface area contributed by atoms with E-state index in [-0.39, 0.29) is 5.41 Å². The number of nitrogens with zero attached hydrogens (tertiary/aromatic N) is 3. The van der Waals surface area contributed by atoms with Crippen molar-refractivity contribution in [3.8, 4) is 67.5 Å². The van der Waals surface area contributed by atoms with Crippen LogP contribution >= 0.6 is 0 Å². The lowest BCUT2D eigenvalue weighted by Crippen LogP contribution is -2.40. The van der Waals surface area contributed by atoms with Crippen LogP contribution in [0.5, 0.6) is 0 Å². The first-order valence-corrected chi connectivity index (χ1v) is 21.4. The smallest absolute Gasteiger partial charge is 0.164 e. The Morgan fingerprint density at radius 1 is 0.290 bits per heavy atom. The highest BCUT2D eigenvalue weighted by Crippen LogP contribution is 2.63. The van der Waals surface area contributed by atoms with E-state index in [4.69, 9.17) is 15.0 Å². The van der Waals surface area contributed by atoms with Gasteiger partial charge in [-0.1, -0.05) is 214 Å². The highest BCUT2D eigenvalue weighted by atomic mass is 15.0. The maximum Gasteiger partial charge on any atom is 0.164 e. The Balaban J connectivity index is 0.955. The maximum atomic E-state index is 4.95. The second kappa shape index (κ2) is 13.9. The van der Waals surface area contributed by atoms with E-state index in [1.165, 1.54) is 66.4 Å². The molecule has 0 saturated carbocycles. The van der Waals surface area contributed by atoms with E-state index in [1.54, 1.807) is 0 Å². The summed E-state index contributed by atoms with van der Waals surface area (Å²) in [6, 6.07) is 77.0. The molecular formula is C59H41N3. The summed E-state index contributed by atoms with van der Waals surface area (Å²) in [5, 5.41) is 2.42. The summed E-state index contributed by atoms with van der Waals surface area (Å²) in [5.74, 6) is 1.96. The predicted octanol–water partition coefficient (Wildman–Crippen LogP) is 14.4. The van der Waals surface area contributed by atoms with Gasteiger partial charge in [0.05, 0.1) is 5.41 Å². The van der Waals surface area contributed by atoms with Crippen LogP contribution in [0, 0.1) is 0 Å². The molecule has 10 aromatic rings. The van der Waals surface area contributed by atoms with Gasteiger partial charge in [-0.3, -0.25) is 0 Å². The van der Waals surface area contributed by atoms with E-state index >= 15 is 0 Å². The average Bonchev–Trinajstić information content (AvgIpc) is 3.64. The molecule has 0 fully saturated rings. The van der Waals surface area contributed by atoms with Crippen molar-refractivity contribution in [3.63, 3.8) is 0 Å². The zero-order valence-electron chi connectivity index (χ0n) is 34.5. The van der Waals surface area contributed by atoms with Gasteiger partial charge in [-0.2, -0.15) is 0 Å². The number of rotatable bonds is 5. The molecule has 2 aliphatic rings. The lowest BCUT2D eigenvalue weighted by Gasteiger charge is -2.46. The Kier molecular flexibility index (Phi) is 8.10. The van der Waals surface area contributed by atoms with Gasteiger partial charge in [0, 0.05) is 22.1 Å². The minimum Gasteiger partial charge on any atom is -0.208 e. The van der Waals surface area contributed by atoms with E-state index in [9.17, 15) is 0 Å². The number of benzene rings is 9. The first-order chi connectivity index (χ1) is 30.5. The van der Waals surface area contributed by atoms with E-state index in [0.29, 0.717) is 17.5 Å². The molecule has 12 rings (SSSR count). The topological polar surface area (TPSA) is 38.7 Å². The van der Waals surface area contributed by atoms with Crippen LogP contribution in [0.2, 0.25) is 0 Å². The minimum atomic E-state index is -0.422. The summed E-state index contributed by atoms with van der Waals surface area (Å²) in [5.41, 5.74) is 17.9. The molecule has 1 heterocycles. The van der Waals surface area contributed by atoms with Crippen LogP contribution in [0.3, 0.4) is 0 Å².